The Morgan fingerprint density at radius 3 is 2.40 bits per heavy atom. The molecule has 0 saturated heterocycles. The van der Waals surface area contributed by atoms with Crippen LogP contribution in [0.4, 0.5) is 4.79 Å². The van der Waals surface area contributed by atoms with Crippen molar-refractivity contribution >= 4 is 17.9 Å². The number of nitrogens with zero attached hydrogens (tertiary/aromatic N) is 1. The molecule has 1 unspecified atom stereocenters. The Kier molecular flexibility index (Phi) is 5.52. The van der Waals surface area contributed by atoms with Crippen LogP contribution >= 0.6 is 0 Å². The third-order valence-corrected chi connectivity index (χ3v) is 2.62. The van der Waals surface area contributed by atoms with Crippen LogP contribution in [0, 0.1) is 0 Å². The number of carbonyl (C=O) groups is 3. The molecule has 0 aliphatic carbocycles. The minimum atomic E-state index is -1.03. The first kappa shape index (κ1) is 15.5. The Labute approximate surface area is 116 Å². The zero-order chi connectivity index (χ0) is 15.1. The van der Waals surface area contributed by atoms with E-state index in [1.807, 2.05) is 0 Å². The number of hydrogen-bond donors (Lipinski definition) is 3. The smallest absolute Gasteiger partial charge is 0.318 e. The van der Waals surface area contributed by atoms with Crippen LogP contribution in [-0.4, -0.2) is 41.5 Å². The van der Waals surface area contributed by atoms with E-state index >= 15 is 0 Å². The Hall–Kier alpha value is -2.57. The monoisotopic (exact) mass is 279 g/mol. The summed E-state index contributed by atoms with van der Waals surface area (Å²) < 4.78 is 0. The minimum Gasteiger partial charge on any atom is -0.481 e. The highest BCUT2D eigenvalue weighted by Gasteiger charge is 2.20. The van der Waals surface area contributed by atoms with Gasteiger partial charge in [0.2, 0.25) is 5.91 Å². The molecule has 0 aromatic heterocycles. The number of nitrogens with two attached hydrogens (primary N) is 1. The minimum absolute atomic E-state index is 0.236. The molecule has 0 bridgehead atoms. The van der Waals surface area contributed by atoms with E-state index in [0.29, 0.717) is 5.56 Å². The molecular weight excluding hydrogens is 262 g/mol. The summed E-state index contributed by atoms with van der Waals surface area (Å²) in [5, 5.41) is 11.5. The van der Waals surface area contributed by atoms with Gasteiger partial charge in [-0.1, -0.05) is 30.3 Å². The fraction of sp³-hybridized carbons (Fsp3) is 0.308. The van der Waals surface area contributed by atoms with Gasteiger partial charge in [0.1, 0.15) is 6.54 Å². The predicted molar refractivity (Wildman–Crippen MR) is 71.8 cm³/mol. The Balaban J connectivity index is 2.78. The molecule has 108 valence electrons. The second-order valence-corrected chi connectivity index (χ2v) is 4.33. The highest BCUT2D eigenvalue weighted by molar-refractivity contribution is 5.83. The van der Waals surface area contributed by atoms with E-state index in [-0.39, 0.29) is 13.0 Å². The third-order valence-electron chi connectivity index (χ3n) is 2.62. The average Bonchev–Trinajstić information content (AvgIpc) is 2.37. The van der Waals surface area contributed by atoms with Crippen molar-refractivity contribution in [2.75, 3.05) is 13.6 Å². The first-order valence-corrected chi connectivity index (χ1v) is 5.97. The van der Waals surface area contributed by atoms with Crippen molar-refractivity contribution in [3.63, 3.8) is 0 Å². The van der Waals surface area contributed by atoms with Gasteiger partial charge in [-0.05, 0) is 5.56 Å². The Morgan fingerprint density at radius 1 is 1.30 bits per heavy atom. The number of benzene rings is 1. The Morgan fingerprint density at radius 2 is 1.90 bits per heavy atom. The largest absolute Gasteiger partial charge is 0.481 e. The molecular formula is C13H17N3O4. The standard InChI is InChI=1S/C13H17N3O4/c1-16(8-11(14)17)13(20)15-10(7-12(18)19)9-5-3-2-4-6-9/h2-6,10H,7-8H2,1H3,(H2,14,17)(H,15,20)(H,18,19). The van der Waals surface area contributed by atoms with E-state index in [1.54, 1.807) is 30.3 Å². The summed E-state index contributed by atoms with van der Waals surface area (Å²) in [5.41, 5.74) is 5.68. The number of amides is 3. The molecule has 1 aromatic rings. The van der Waals surface area contributed by atoms with E-state index in [4.69, 9.17) is 10.8 Å². The molecule has 0 radical (unpaired) electrons. The van der Waals surface area contributed by atoms with Gasteiger partial charge in [0, 0.05) is 7.05 Å². The van der Waals surface area contributed by atoms with E-state index in [1.165, 1.54) is 7.05 Å². The number of carboxylic acids is 1. The van der Waals surface area contributed by atoms with E-state index in [9.17, 15) is 14.4 Å². The van der Waals surface area contributed by atoms with E-state index < -0.39 is 23.9 Å². The molecule has 7 heteroatoms. The van der Waals surface area contributed by atoms with Gasteiger partial charge >= 0.3 is 12.0 Å². The fourth-order valence-corrected chi connectivity index (χ4v) is 1.68. The summed E-state index contributed by atoms with van der Waals surface area (Å²) in [5.74, 6) is -1.67. The SMILES string of the molecule is CN(CC(N)=O)C(=O)NC(CC(=O)O)c1ccccc1. The number of hydrogen-bond acceptors (Lipinski definition) is 3. The third kappa shape index (κ3) is 4.97. The summed E-state index contributed by atoms with van der Waals surface area (Å²) in [6.45, 7) is -0.236. The maximum atomic E-state index is 11.9. The molecule has 4 N–H and O–H groups in total. The van der Waals surface area contributed by atoms with Crippen LogP contribution in [0.2, 0.25) is 0 Å². The topological polar surface area (TPSA) is 113 Å². The van der Waals surface area contributed by atoms with Gasteiger partial charge in [-0.2, -0.15) is 0 Å². The average molecular weight is 279 g/mol. The number of carbonyl (C=O) groups excluding carboxylic acids is 2. The zero-order valence-electron chi connectivity index (χ0n) is 11.1. The lowest BCUT2D eigenvalue weighted by Gasteiger charge is -2.22. The lowest BCUT2D eigenvalue weighted by molar-refractivity contribution is -0.137. The van der Waals surface area contributed by atoms with Gasteiger partial charge < -0.3 is 21.1 Å². The predicted octanol–water partition coefficient (Wildman–Crippen LogP) is 0.329. The van der Waals surface area contributed by atoms with Crippen molar-refractivity contribution in [2.24, 2.45) is 5.73 Å². The van der Waals surface area contributed by atoms with Crippen LogP contribution < -0.4 is 11.1 Å². The zero-order valence-corrected chi connectivity index (χ0v) is 11.1. The van der Waals surface area contributed by atoms with Gasteiger partial charge in [-0.25, -0.2) is 4.79 Å². The Bertz CT molecular complexity index is 490. The van der Waals surface area contributed by atoms with Crippen molar-refractivity contribution in [1.29, 1.82) is 0 Å². The van der Waals surface area contributed by atoms with Gasteiger partial charge in [-0.3, -0.25) is 9.59 Å². The van der Waals surface area contributed by atoms with Crippen LogP contribution in [0.25, 0.3) is 0 Å². The molecule has 0 aliphatic rings. The first-order chi connectivity index (χ1) is 9.40. The van der Waals surface area contributed by atoms with Crippen molar-refractivity contribution in [1.82, 2.24) is 10.2 Å². The highest BCUT2D eigenvalue weighted by atomic mass is 16.4. The normalized spacial score (nSPS) is 11.4. The molecule has 0 saturated carbocycles. The molecule has 1 aromatic carbocycles. The van der Waals surface area contributed by atoms with Gasteiger partial charge in [0.25, 0.3) is 0 Å². The first-order valence-electron chi connectivity index (χ1n) is 5.97. The summed E-state index contributed by atoms with van der Waals surface area (Å²) >= 11 is 0. The second-order valence-electron chi connectivity index (χ2n) is 4.33. The number of urea groups is 1. The lowest BCUT2D eigenvalue weighted by atomic mass is 10.0. The highest BCUT2D eigenvalue weighted by Crippen LogP contribution is 2.16. The number of rotatable bonds is 6. The lowest BCUT2D eigenvalue weighted by Crippen LogP contribution is -2.43. The molecule has 3 amide bonds. The van der Waals surface area contributed by atoms with Crippen molar-refractivity contribution < 1.29 is 19.5 Å². The number of likely N-dealkylation sites (N-methyl/N-ethyl adjacent to an activating group) is 1. The quantitative estimate of drug-likeness (QED) is 0.696. The van der Waals surface area contributed by atoms with Crippen molar-refractivity contribution in [2.45, 2.75) is 12.5 Å². The summed E-state index contributed by atoms with van der Waals surface area (Å²) in [6, 6.07) is 7.52. The maximum Gasteiger partial charge on any atom is 0.318 e. The summed E-state index contributed by atoms with van der Waals surface area (Å²) in [4.78, 5) is 34.6. The van der Waals surface area contributed by atoms with Crippen molar-refractivity contribution in [3.8, 4) is 0 Å². The van der Waals surface area contributed by atoms with Crippen LogP contribution in [0.1, 0.15) is 18.0 Å². The molecule has 0 aliphatic heterocycles. The van der Waals surface area contributed by atoms with E-state index in [0.717, 1.165) is 4.90 Å². The number of primary amides is 1. The van der Waals surface area contributed by atoms with Gasteiger partial charge in [0.15, 0.2) is 0 Å². The summed E-state index contributed by atoms with van der Waals surface area (Å²) in [7, 11) is 1.41. The molecule has 1 rings (SSSR count). The van der Waals surface area contributed by atoms with Crippen molar-refractivity contribution in [3.05, 3.63) is 35.9 Å². The van der Waals surface area contributed by atoms with Crippen LogP contribution in [0.3, 0.4) is 0 Å². The number of nitrogens with one attached hydrogen (secondary N) is 1. The fourth-order valence-electron chi connectivity index (χ4n) is 1.68. The molecule has 1 atom stereocenters. The number of aliphatic carboxylic acids is 1. The van der Waals surface area contributed by atoms with E-state index in [2.05, 4.69) is 5.32 Å². The maximum absolute atomic E-state index is 11.9. The molecule has 0 spiro atoms. The van der Waals surface area contributed by atoms with Crippen LogP contribution in [0.5, 0.6) is 0 Å². The van der Waals surface area contributed by atoms with Crippen LogP contribution in [-0.2, 0) is 9.59 Å². The van der Waals surface area contributed by atoms with Crippen LogP contribution in [0.15, 0.2) is 30.3 Å². The van der Waals surface area contributed by atoms with Gasteiger partial charge in [-0.15, -0.1) is 0 Å². The second kappa shape index (κ2) is 7.13. The summed E-state index contributed by atoms with van der Waals surface area (Å²) in [6.07, 6.45) is -0.250. The van der Waals surface area contributed by atoms with Gasteiger partial charge in [0.05, 0.1) is 12.5 Å². The molecule has 20 heavy (non-hydrogen) atoms. The number of carboxylic acid groups (broad SMARTS) is 1. The molecule has 7 nitrogen and oxygen atoms in total. The molecule has 0 heterocycles. The molecule has 0 fully saturated rings.